The SMILES string of the molecule is COc1cc(CNCc2ccc(C(=O)O)cc2)cc(Br)c1OCC(=O)Nc1ccc(C)cc1. The van der Waals surface area contributed by atoms with E-state index in [1.54, 1.807) is 31.4 Å². The van der Waals surface area contributed by atoms with Crippen LogP contribution in [0.1, 0.15) is 27.0 Å². The van der Waals surface area contributed by atoms with Crippen molar-refractivity contribution in [1.82, 2.24) is 5.32 Å². The topological polar surface area (TPSA) is 96.9 Å². The van der Waals surface area contributed by atoms with Gasteiger partial charge in [-0.25, -0.2) is 4.79 Å². The number of halogens is 1. The Labute approximate surface area is 200 Å². The maximum Gasteiger partial charge on any atom is 0.335 e. The van der Waals surface area contributed by atoms with Crippen LogP contribution in [-0.4, -0.2) is 30.7 Å². The van der Waals surface area contributed by atoms with E-state index in [0.717, 1.165) is 16.7 Å². The van der Waals surface area contributed by atoms with Gasteiger partial charge in [0.1, 0.15) is 0 Å². The van der Waals surface area contributed by atoms with Gasteiger partial charge >= 0.3 is 5.97 Å². The fourth-order valence-electron chi connectivity index (χ4n) is 3.10. The van der Waals surface area contributed by atoms with Crippen LogP contribution < -0.4 is 20.1 Å². The maximum atomic E-state index is 12.2. The molecule has 0 fully saturated rings. The number of benzene rings is 3. The number of aromatic carboxylic acids is 1. The summed E-state index contributed by atoms with van der Waals surface area (Å²) in [5.41, 5.74) is 4.02. The lowest BCUT2D eigenvalue weighted by Gasteiger charge is -2.15. The van der Waals surface area contributed by atoms with Crippen LogP contribution >= 0.6 is 15.9 Å². The van der Waals surface area contributed by atoms with Gasteiger partial charge in [-0.3, -0.25) is 4.79 Å². The smallest absolute Gasteiger partial charge is 0.335 e. The molecule has 3 rings (SSSR count). The van der Waals surface area contributed by atoms with E-state index in [9.17, 15) is 9.59 Å². The van der Waals surface area contributed by atoms with E-state index < -0.39 is 5.97 Å². The zero-order valence-electron chi connectivity index (χ0n) is 18.4. The maximum absolute atomic E-state index is 12.2. The summed E-state index contributed by atoms with van der Waals surface area (Å²) in [6.07, 6.45) is 0. The summed E-state index contributed by atoms with van der Waals surface area (Å²) in [4.78, 5) is 23.2. The van der Waals surface area contributed by atoms with Crippen molar-refractivity contribution in [1.29, 1.82) is 0 Å². The van der Waals surface area contributed by atoms with Crippen molar-refractivity contribution in [2.24, 2.45) is 0 Å². The van der Waals surface area contributed by atoms with Gasteiger partial charge in [0.2, 0.25) is 0 Å². The summed E-state index contributed by atoms with van der Waals surface area (Å²) < 4.78 is 11.9. The van der Waals surface area contributed by atoms with Gasteiger partial charge in [0.05, 0.1) is 17.1 Å². The number of carbonyl (C=O) groups excluding carboxylic acids is 1. The number of rotatable bonds is 10. The number of hydrogen-bond donors (Lipinski definition) is 3. The standard InChI is InChI=1S/C25H25BrN2O5/c1-16-3-9-20(10-4-16)28-23(29)15-33-24-21(26)11-18(12-22(24)32-2)14-27-13-17-5-7-19(8-6-17)25(30)31/h3-12,27H,13-15H2,1-2H3,(H,28,29)(H,30,31). The molecule has 0 aromatic heterocycles. The minimum absolute atomic E-state index is 0.160. The highest BCUT2D eigenvalue weighted by Crippen LogP contribution is 2.36. The molecule has 0 saturated heterocycles. The number of amides is 1. The fourth-order valence-corrected chi connectivity index (χ4v) is 3.71. The molecule has 3 aromatic carbocycles. The molecule has 0 heterocycles. The Morgan fingerprint density at radius 1 is 0.970 bits per heavy atom. The van der Waals surface area contributed by atoms with Crippen LogP contribution in [0, 0.1) is 6.92 Å². The zero-order valence-corrected chi connectivity index (χ0v) is 19.9. The summed E-state index contributed by atoms with van der Waals surface area (Å²) in [7, 11) is 1.54. The molecule has 0 bridgehead atoms. The van der Waals surface area contributed by atoms with E-state index >= 15 is 0 Å². The van der Waals surface area contributed by atoms with Gasteiger partial charge in [-0.1, -0.05) is 29.8 Å². The first-order chi connectivity index (χ1) is 15.9. The van der Waals surface area contributed by atoms with Crippen LogP contribution in [0.15, 0.2) is 65.1 Å². The van der Waals surface area contributed by atoms with E-state index in [1.165, 1.54) is 0 Å². The predicted octanol–water partition coefficient (Wildman–Crippen LogP) is 4.77. The number of anilines is 1. The number of aryl methyl sites for hydroxylation is 1. The van der Waals surface area contributed by atoms with E-state index in [-0.39, 0.29) is 18.1 Å². The Kier molecular flexibility index (Phi) is 8.46. The van der Waals surface area contributed by atoms with E-state index in [2.05, 4.69) is 26.6 Å². The lowest BCUT2D eigenvalue weighted by atomic mass is 10.1. The van der Waals surface area contributed by atoms with Crippen LogP contribution in [0.3, 0.4) is 0 Å². The van der Waals surface area contributed by atoms with Crippen molar-refractivity contribution < 1.29 is 24.2 Å². The van der Waals surface area contributed by atoms with Gasteiger partial charge in [-0.15, -0.1) is 0 Å². The van der Waals surface area contributed by atoms with Crippen LogP contribution in [-0.2, 0) is 17.9 Å². The average molecular weight is 513 g/mol. The first kappa shape index (κ1) is 24.3. The minimum Gasteiger partial charge on any atom is -0.493 e. The molecule has 0 saturated carbocycles. The number of methoxy groups -OCH3 is 1. The van der Waals surface area contributed by atoms with Gasteiger partial charge in [0, 0.05) is 18.8 Å². The molecule has 0 unspecified atom stereocenters. The van der Waals surface area contributed by atoms with Crippen molar-refractivity contribution in [3.8, 4) is 11.5 Å². The average Bonchev–Trinajstić information content (AvgIpc) is 2.80. The lowest BCUT2D eigenvalue weighted by Crippen LogP contribution is -2.20. The summed E-state index contributed by atoms with van der Waals surface area (Å²) in [6, 6.07) is 18.0. The molecule has 3 aromatic rings. The number of hydrogen-bond acceptors (Lipinski definition) is 5. The van der Waals surface area contributed by atoms with Gasteiger partial charge < -0.3 is 25.2 Å². The first-order valence-corrected chi connectivity index (χ1v) is 11.0. The van der Waals surface area contributed by atoms with E-state index in [1.807, 2.05) is 43.3 Å². The zero-order chi connectivity index (χ0) is 23.8. The molecular weight excluding hydrogens is 488 g/mol. The molecule has 7 nitrogen and oxygen atoms in total. The Balaban J connectivity index is 1.56. The highest BCUT2D eigenvalue weighted by molar-refractivity contribution is 9.10. The Hall–Kier alpha value is -3.36. The fraction of sp³-hybridized carbons (Fsp3) is 0.200. The van der Waals surface area contributed by atoms with Crippen molar-refractivity contribution >= 4 is 33.5 Å². The third-order valence-corrected chi connectivity index (χ3v) is 5.42. The number of carboxylic acids is 1. The molecule has 1 amide bonds. The highest BCUT2D eigenvalue weighted by Gasteiger charge is 2.14. The molecule has 33 heavy (non-hydrogen) atoms. The predicted molar refractivity (Wildman–Crippen MR) is 130 cm³/mol. The molecule has 0 aliphatic rings. The summed E-state index contributed by atoms with van der Waals surface area (Å²) in [5, 5.41) is 15.1. The highest BCUT2D eigenvalue weighted by atomic mass is 79.9. The minimum atomic E-state index is -0.943. The van der Waals surface area contributed by atoms with Crippen molar-refractivity contribution in [2.75, 3.05) is 19.0 Å². The molecule has 0 aliphatic heterocycles. The van der Waals surface area contributed by atoms with Gasteiger partial charge in [-0.05, 0) is 70.4 Å². The Morgan fingerprint density at radius 2 is 1.64 bits per heavy atom. The van der Waals surface area contributed by atoms with Crippen LogP contribution in [0.2, 0.25) is 0 Å². The number of ether oxygens (including phenoxy) is 2. The largest absolute Gasteiger partial charge is 0.493 e. The van der Waals surface area contributed by atoms with E-state index in [4.69, 9.17) is 14.6 Å². The second-order valence-electron chi connectivity index (χ2n) is 7.42. The molecule has 172 valence electrons. The third kappa shape index (κ3) is 7.06. The van der Waals surface area contributed by atoms with Crippen LogP contribution in [0.5, 0.6) is 11.5 Å². The van der Waals surface area contributed by atoms with E-state index in [0.29, 0.717) is 34.7 Å². The Morgan fingerprint density at radius 3 is 2.27 bits per heavy atom. The molecule has 0 spiro atoms. The molecular formula is C25H25BrN2O5. The third-order valence-electron chi connectivity index (χ3n) is 4.83. The quantitative estimate of drug-likeness (QED) is 0.362. The van der Waals surface area contributed by atoms with Crippen LogP contribution in [0.25, 0.3) is 0 Å². The monoisotopic (exact) mass is 512 g/mol. The van der Waals surface area contributed by atoms with Crippen molar-refractivity contribution in [2.45, 2.75) is 20.0 Å². The second-order valence-corrected chi connectivity index (χ2v) is 8.27. The summed E-state index contributed by atoms with van der Waals surface area (Å²) in [5.74, 6) is -0.256. The summed E-state index contributed by atoms with van der Waals surface area (Å²) in [6.45, 7) is 2.96. The normalized spacial score (nSPS) is 10.5. The molecule has 8 heteroatoms. The molecule has 0 atom stereocenters. The number of carboxylic acid groups (broad SMARTS) is 1. The lowest BCUT2D eigenvalue weighted by molar-refractivity contribution is -0.118. The molecule has 0 radical (unpaired) electrons. The molecule has 0 aliphatic carbocycles. The number of nitrogens with one attached hydrogen (secondary N) is 2. The van der Waals surface area contributed by atoms with Gasteiger partial charge in [0.15, 0.2) is 18.1 Å². The van der Waals surface area contributed by atoms with Gasteiger partial charge in [0.25, 0.3) is 5.91 Å². The first-order valence-electron chi connectivity index (χ1n) is 10.2. The number of carbonyl (C=O) groups is 2. The van der Waals surface area contributed by atoms with Gasteiger partial charge in [-0.2, -0.15) is 0 Å². The Bertz CT molecular complexity index is 1110. The second kappa shape index (κ2) is 11.5. The van der Waals surface area contributed by atoms with Crippen molar-refractivity contribution in [3.05, 3.63) is 87.4 Å². The van der Waals surface area contributed by atoms with Crippen LogP contribution in [0.4, 0.5) is 5.69 Å². The molecule has 3 N–H and O–H groups in total. The van der Waals surface area contributed by atoms with Crippen molar-refractivity contribution in [3.63, 3.8) is 0 Å². The summed E-state index contributed by atoms with van der Waals surface area (Å²) >= 11 is 3.50.